The van der Waals surface area contributed by atoms with Crippen LogP contribution >= 0.6 is 0 Å². The van der Waals surface area contributed by atoms with Gasteiger partial charge in [-0.05, 0) is 38.6 Å². The normalized spacial score (nSPS) is 12.3. The molecule has 0 aliphatic carbocycles. The summed E-state index contributed by atoms with van der Waals surface area (Å²) in [5.41, 5.74) is 0. The highest BCUT2D eigenvalue weighted by Gasteiger charge is 2.17. The molecule has 1 atom stereocenters. The summed E-state index contributed by atoms with van der Waals surface area (Å²) < 4.78 is 0. The molecule has 6 heteroatoms. The molecule has 6 nitrogen and oxygen atoms in total. The average Bonchev–Trinajstić information content (AvgIpc) is 2.70. The molecule has 170 valence electrons. The van der Waals surface area contributed by atoms with Crippen molar-refractivity contribution in [2.24, 2.45) is 0 Å². The number of rotatable bonds is 21. The van der Waals surface area contributed by atoms with E-state index in [1.807, 2.05) is 0 Å². The van der Waals surface area contributed by atoms with Gasteiger partial charge >= 0.3 is 5.97 Å². The Kier molecular flexibility index (Phi) is 20.3. The molecule has 29 heavy (non-hydrogen) atoms. The van der Waals surface area contributed by atoms with Crippen molar-refractivity contribution in [2.45, 2.75) is 103 Å². The monoisotopic (exact) mass is 412 g/mol. The minimum Gasteiger partial charge on any atom is -0.480 e. The maximum Gasteiger partial charge on any atom is 0.328 e. The first-order valence-electron chi connectivity index (χ1n) is 11.6. The highest BCUT2D eigenvalue weighted by molar-refractivity contribution is 5.84. The second-order valence-corrected chi connectivity index (χ2v) is 7.76. The highest BCUT2D eigenvalue weighted by Crippen LogP contribution is 2.09. The van der Waals surface area contributed by atoms with Crippen LogP contribution in [0.4, 0.5) is 0 Å². The van der Waals surface area contributed by atoms with Crippen molar-refractivity contribution in [1.82, 2.24) is 10.6 Å². The fourth-order valence-corrected chi connectivity index (χ4v) is 3.13. The number of aliphatic carboxylic acids is 1. The third-order valence-corrected chi connectivity index (χ3v) is 4.97. The lowest BCUT2D eigenvalue weighted by Gasteiger charge is -2.11. The van der Waals surface area contributed by atoms with Crippen LogP contribution in [-0.2, 0) is 9.59 Å². The minimum atomic E-state index is -1.23. The van der Waals surface area contributed by atoms with E-state index in [0.29, 0.717) is 0 Å². The molecule has 0 rings (SSSR count). The van der Waals surface area contributed by atoms with Crippen LogP contribution in [0, 0.1) is 0 Å². The van der Waals surface area contributed by atoms with Gasteiger partial charge in [0.05, 0.1) is 13.2 Å². The number of aliphatic hydroxyl groups is 1. The van der Waals surface area contributed by atoms with Crippen LogP contribution in [0.25, 0.3) is 0 Å². The van der Waals surface area contributed by atoms with Crippen LogP contribution in [-0.4, -0.2) is 47.8 Å². The molecule has 0 heterocycles. The van der Waals surface area contributed by atoms with E-state index in [9.17, 15) is 9.59 Å². The fraction of sp³-hybridized carbons (Fsp3) is 0.826. The van der Waals surface area contributed by atoms with E-state index in [4.69, 9.17) is 10.2 Å². The zero-order chi connectivity index (χ0) is 21.6. The quantitative estimate of drug-likeness (QED) is 0.167. The summed E-state index contributed by atoms with van der Waals surface area (Å²) >= 11 is 0. The van der Waals surface area contributed by atoms with Gasteiger partial charge in [-0.15, -0.1) is 0 Å². The predicted octanol–water partition coefficient (Wildman–Crippen LogP) is 4.18. The van der Waals surface area contributed by atoms with Crippen molar-refractivity contribution in [3.63, 3.8) is 0 Å². The summed E-state index contributed by atoms with van der Waals surface area (Å²) in [6.45, 7) is 2.47. The van der Waals surface area contributed by atoms with Crippen LogP contribution < -0.4 is 10.6 Å². The van der Waals surface area contributed by atoms with Gasteiger partial charge in [0.25, 0.3) is 0 Å². The third kappa shape index (κ3) is 19.7. The molecule has 0 aromatic carbocycles. The summed E-state index contributed by atoms with van der Waals surface area (Å²) in [4.78, 5) is 22.2. The number of carbonyl (C=O) groups is 2. The van der Waals surface area contributed by atoms with Crippen molar-refractivity contribution < 1.29 is 19.8 Å². The standard InChI is InChI=1S/C23H44N2O4/c1-2-3-4-5-6-7-8-9-10-11-12-13-14-15-16-17-18-24-19-22(27)25-21(20-26)23(28)29/h9-10,21,24,26H,2-8,11-20H2,1H3,(H,25,27)(H,28,29)/b10-9-/t21-/m0/s1. The number of aliphatic hydroxyl groups excluding tert-OH is 1. The van der Waals surface area contributed by atoms with Gasteiger partial charge < -0.3 is 20.8 Å². The van der Waals surface area contributed by atoms with E-state index in [-0.39, 0.29) is 6.54 Å². The number of hydrogen-bond donors (Lipinski definition) is 4. The van der Waals surface area contributed by atoms with Crippen LogP contribution in [0.5, 0.6) is 0 Å². The maximum absolute atomic E-state index is 11.5. The summed E-state index contributed by atoms with van der Waals surface area (Å²) in [5.74, 6) is -1.63. The van der Waals surface area contributed by atoms with Crippen molar-refractivity contribution in [3.05, 3.63) is 12.2 Å². The summed E-state index contributed by atoms with van der Waals surface area (Å²) in [6.07, 6.45) is 22.4. The number of allylic oxidation sites excluding steroid dienone is 2. The van der Waals surface area contributed by atoms with E-state index in [2.05, 4.69) is 29.7 Å². The first-order valence-corrected chi connectivity index (χ1v) is 11.6. The average molecular weight is 413 g/mol. The Labute approximate surface area is 177 Å². The van der Waals surface area contributed by atoms with Gasteiger partial charge in [-0.2, -0.15) is 0 Å². The maximum atomic E-state index is 11.5. The second-order valence-electron chi connectivity index (χ2n) is 7.76. The number of hydrogen-bond acceptors (Lipinski definition) is 4. The van der Waals surface area contributed by atoms with Crippen LogP contribution in [0.15, 0.2) is 12.2 Å². The van der Waals surface area contributed by atoms with E-state index in [1.54, 1.807) is 0 Å². The second kappa shape index (κ2) is 21.3. The molecule has 4 N–H and O–H groups in total. The Morgan fingerprint density at radius 3 is 1.86 bits per heavy atom. The number of carboxylic acids is 1. The number of amides is 1. The van der Waals surface area contributed by atoms with E-state index in [0.717, 1.165) is 19.4 Å². The lowest BCUT2D eigenvalue weighted by atomic mass is 10.1. The molecule has 0 saturated heterocycles. The Bertz CT molecular complexity index is 427. The molecule has 0 saturated carbocycles. The van der Waals surface area contributed by atoms with Crippen molar-refractivity contribution >= 4 is 11.9 Å². The lowest BCUT2D eigenvalue weighted by molar-refractivity contribution is -0.142. The molecule has 0 fully saturated rings. The first kappa shape index (κ1) is 27.6. The third-order valence-electron chi connectivity index (χ3n) is 4.97. The van der Waals surface area contributed by atoms with Crippen LogP contribution in [0.2, 0.25) is 0 Å². The molecule has 0 unspecified atom stereocenters. The minimum absolute atomic E-state index is 0.0782. The molecule has 0 spiro atoms. The Hall–Kier alpha value is -1.40. The lowest BCUT2D eigenvalue weighted by Crippen LogP contribution is -2.46. The van der Waals surface area contributed by atoms with Crippen molar-refractivity contribution in [3.8, 4) is 0 Å². The number of carboxylic acid groups (broad SMARTS) is 1. The summed E-state index contributed by atoms with van der Waals surface area (Å²) in [5, 5.41) is 22.9. The van der Waals surface area contributed by atoms with Crippen molar-refractivity contribution in [1.29, 1.82) is 0 Å². The van der Waals surface area contributed by atoms with Gasteiger partial charge in [-0.25, -0.2) is 4.79 Å². The summed E-state index contributed by atoms with van der Waals surface area (Å²) in [7, 11) is 0. The molecule has 1 amide bonds. The largest absolute Gasteiger partial charge is 0.480 e. The van der Waals surface area contributed by atoms with Gasteiger partial charge in [0.2, 0.25) is 5.91 Å². The SMILES string of the molecule is CCCCCCCC/C=C\CCCCCCCCNCC(=O)N[C@@H](CO)C(=O)O. The number of nitrogens with one attached hydrogen (secondary N) is 2. The Morgan fingerprint density at radius 1 is 0.828 bits per heavy atom. The van der Waals surface area contributed by atoms with Gasteiger partial charge in [0.15, 0.2) is 0 Å². The van der Waals surface area contributed by atoms with Crippen LogP contribution in [0.3, 0.4) is 0 Å². The topological polar surface area (TPSA) is 98.7 Å². The number of unbranched alkanes of at least 4 members (excludes halogenated alkanes) is 12. The van der Waals surface area contributed by atoms with E-state index < -0.39 is 24.5 Å². The zero-order valence-corrected chi connectivity index (χ0v) is 18.5. The fourth-order valence-electron chi connectivity index (χ4n) is 3.13. The zero-order valence-electron chi connectivity index (χ0n) is 18.5. The van der Waals surface area contributed by atoms with Gasteiger partial charge in [0.1, 0.15) is 6.04 Å². The highest BCUT2D eigenvalue weighted by atomic mass is 16.4. The Morgan fingerprint density at radius 2 is 1.34 bits per heavy atom. The smallest absolute Gasteiger partial charge is 0.328 e. The van der Waals surface area contributed by atoms with Gasteiger partial charge in [0, 0.05) is 0 Å². The molecule has 0 aliphatic heterocycles. The van der Waals surface area contributed by atoms with Gasteiger partial charge in [-0.1, -0.05) is 76.9 Å². The van der Waals surface area contributed by atoms with Crippen molar-refractivity contribution in [2.75, 3.05) is 19.7 Å². The Balaban J connectivity index is 3.30. The summed E-state index contributed by atoms with van der Waals surface area (Å²) in [6, 6.07) is -1.23. The van der Waals surface area contributed by atoms with Crippen LogP contribution in [0.1, 0.15) is 96.8 Å². The molecule has 0 aromatic heterocycles. The molecule has 0 bridgehead atoms. The molecular weight excluding hydrogens is 368 g/mol. The predicted molar refractivity (Wildman–Crippen MR) is 119 cm³/mol. The molecule has 0 radical (unpaired) electrons. The molecule has 0 aromatic rings. The molecule has 0 aliphatic rings. The van der Waals surface area contributed by atoms with E-state index in [1.165, 1.54) is 77.0 Å². The first-order chi connectivity index (χ1) is 14.1. The number of carbonyl (C=O) groups excluding carboxylic acids is 1. The van der Waals surface area contributed by atoms with Gasteiger partial charge in [-0.3, -0.25) is 4.79 Å². The molecular formula is C23H44N2O4. The van der Waals surface area contributed by atoms with E-state index >= 15 is 0 Å².